The minimum atomic E-state index is -1.16. The number of carbonyl (C=O) groups is 2. The summed E-state index contributed by atoms with van der Waals surface area (Å²) in [5, 5.41) is 11.2. The summed E-state index contributed by atoms with van der Waals surface area (Å²) in [6.45, 7) is 3.92. The van der Waals surface area contributed by atoms with E-state index < -0.39 is 11.8 Å². The molecule has 1 atom stereocenters. The van der Waals surface area contributed by atoms with Crippen LogP contribution in [0.5, 0.6) is 0 Å². The van der Waals surface area contributed by atoms with Gasteiger partial charge >= 0.3 is 5.97 Å². The highest BCUT2D eigenvalue weighted by Crippen LogP contribution is 2.52. The van der Waals surface area contributed by atoms with Crippen molar-refractivity contribution in [3.8, 4) is 0 Å². The largest absolute Gasteiger partial charge is 0.478 e. The molecule has 1 aliphatic rings. The zero-order chi connectivity index (χ0) is 13.5. The lowest BCUT2D eigenvalue weighted by Crippen LogP contribution is -2.17. The van der Waals surface area contributed by atoms with Gasteiger partial charge in [0.15, 0.2) is 0 Å². The molecule has 0 aromatic heterocycles. The van der Waals surface area contributed by atoms with E-state index in [4.69, 9.17) is 5.11 Å². The summed E-state index contributed by atoms with van der Waals surface area (Å²) >= 11 is 0. The van der Waals surface area contributed by atoms with Crippen LogP contribution in [0.25, 0.3) is 0 Å². The maximum absolute atomic E-state index is 13.5. The lowest BCUT2D eigenvalue weighted by molar-refractivity contribution is -0.118. The molecular formula is C13H14FNO3. The topological polar surface area (TPSA) is 66.4 Å². The van der Waals surface area contributed by atoms with Crippen molar-refractivity contribution in [2.75, 3.05) is 5.32 Å². The molecule has 1 aliphatic carbocycles. The third kappa shape index (κ3) is 2.34. The van der Waals surface area contributed by atoms with E-state index in [0.29, 0.717) is 0 Å². The van der Waals surface area contributed by atoms with Crippen molar-refractivity contribution in [3.05, 3.63) is 29.6 Å². The number of carboxylic acids is 1. The highest BCUT2D eigenvalue weighted by atomic mass is 19.1. The zero-order valence-electron chi connectivity index (χ0n) is 10.2. The molecule has 96 valence electrons. The lowest BCUT2D eigenvalue weighted by Gasteiger charge is -2.08. The summed E-state index contributed by atoms with van der Waals surface area (Å²) < 4.78 is 13.5. The summed E-state index contributed by atoms with van der Waals surface area (Å²) in [6, 6.07) is 3.33. The van der Waals surface area contributed by atoms with E-state index in [0.717, 1.165) is 24.6 Å². The van der Waals surface area contributed by atoms with Gasteiger partial charge in [0.2, 0.25) is 5.91 Å². The molecular weight excluding hydrogens is 237 g/mol. The summed E-state index contributed by atoms with van der Waals surface area (Å²) in [7, 11) is 0. The molecule has 0 spiro atoms. The molecule has 0 saturated heterocycles. The van der Waals surface area contributed by atoms with Crippen LogP contribution in [0.4, 0.5) is 10.1 Å². The second-order valence-electron chi connectivity index (χ2n) is 5.23. The molecule has 1 unspecified atom stereocenters. The van der Waals surface area contributed by atoms with Crippen molar-refractivity contribution >= 4 is 17.6 Å². The number of carbonyl (C=O) groups excluding carboxylic acids is 1. The van der Waals surface area contributed by atoms with Crippen molar-refractivity contribution in [2.24, 2.45) is 11.3 Å². The van der Waals surface area contributed by atoms with Crippen LogP contribution < -0.4 is 5.32 Å². The molecule has 1 aromatic carbocycles. The Labute approximate surface area is 104 Å². The molecule has 4 nitrogen and oxygen atoms in total. The average molecular weight is 251 g/mol. The lowest BCUT2D eigenvalue weighted by atomic mass is 10.1. The van der Waals surface area contributed by atoms with E-state index in [1.165, 1.54) is 0 Å². The number of aromatic carboxylic acids is 1. The number of nitrogens with one attached hydrogen (secondary N) is 1. The van der Waals surface area contributed by atoms with Crippen LogP contribution in [0.1, 0.15) is 30.6 Å². The van der Waals surface area contributed by atoms with Crippen LogP contribution in [-0.2, 0) is 4.79 Å². The molecule has 0 radical (unpaired) electrons. The Balaban J connectivity index is 2.16. The predicted octanol–water partition coefficient (Wildman–Crippen LogP) is 2.51. The summed E-state index contributed by atoms with van der Waals surface area (Å²) in [5.74, 6) is -2.18. The molecule has 0 aliphatic heterocycles. The first-order valence-electron chi connectivity index (χ1n) is 5.65. The summed E-state index contributed by atoms with van der Waals surface area (Å²) in [4.78, 5) is 22.6. The van der Waals surface area contributed by atoms with Gasteiger partial charge in [-0.1, -0.05) is 13.8 Å². The van der Waals surface area contributed by atoms with Crippen molar-refractivity contribution in [1.29, 1.82) is 0 Å². The Morgan fingerprint density at radius 3 is 2.56 bits per heavy atom. The van der Waals surface area contributed by atoms with Gasteiger partial charge in [-0.05, 0) is 30.0 Å². The fourth-order valence-electron chi connectivity index (χ4n) is 1.89. The summed E-state index contributed by atoms with van der Waals surface area (Å²) in [6.07, 6.45) is 0.763. The van der Waals surface area contributed by atoms with E-state index in [-0.39, 0.29) is 28.5 Å². The zero-order valence-corrected chi connectivity index (χ0v) is 10.2. The maximum atomic E-state index is 13.5. The van der Waals surface area contributed by atoms with Gasteiger partial charge in [-0.2, -0.15) is 0 Å². The van der Waals surface area contributed by atoms with Crippen LogP contribution >= 0.6 is 0 Å². The van der Waals surface area contributed by atoms with Gasteiger partial charge in [0.25, 0.3) is 0 Å². The average Bonchev–Trinajstić information content (AvgIpc) is 2.90. The molecule has 0 heterocycles. The molecule has 0 bridgehead atoms. The quantitative estimate of drug-likeness (QED) is 0.867. The smallest absolute Gasteiger partial charge is 0.335 e. The Hall–Kier alpha value is -1.91. The van der Waals surface area contributed by atoms with Gasteiger partial charge in [-0.15, -0.1) is 0 Å². The number of rotatable bonds is 3. The highest BCUT2D eigenvalue weighted by Gasteiger charge is 2.50. The third-order valence-electron chi connectivity index (χ3n) is 3.30. The number of hydrogen-bond acceptors (Lipinski definition) is 2. The molecule has 2 N–H and O–H groups in total. The van der Waals surface area contributed by atoms with Gasteiger partial charge in [-0.25, -0.2) is 9.18 Å². The Morgan fingerprint density at radius 1 is 1.44 bits per heavy atom. The second kappa shape index (κ2) is 4.08. The normalized spacial score (nSPS) is 20.3. The highest BCUT2D eigenvalue weighted by molar-refractivity contribution is 5.96. The first-order valence-corrected chi connectivity index (χ1v) is 5.65. The van der Waals surface area contributed by atoms with Gasteiger partial charge in [0.1, 0.15) is 5.82 Å². The molecule has 1 amide bonds. The van der Waals surface area contributed by atoms with E-state index in [1.807, 2.05) is 13.8 Å². The number of benzene rings is 1. The first-order chi connectivity index (χ1) is 8.31. The van der Waals surface area contributed by atoms with Crippen molar-refractivity contribution in [1.82, 2.24) is 0 Å². The van der Waals surface area contributed by atoms with E-state index in [9.17, 15) is 14.0 Å². The van der Waals surface area contributed by atoms with E-state index in [2.05, 4.69) is 5.32 Å². The fraction of sp³-hybridized carbons (Fsp3) is 0.385. The van der Waals surface area contributed by atoms with Crippen LogP contribution in [0.2, 0.25) is 0 Å². The van der Waals surface area contributed by atoms with E-state index >= 15 is 0 Å². The first kappa shape index (κ1) is 12.5. The number of halogens is 1. The minimum absolute atomic E-state index is 0.0506. The Morgan fingerprint density at radius 2 is 2.06 bits per heavy atom. The summed E-state index contributed by atoms with van der Waals surface area (Å²) in [5.41, 5.74) is -0.185. The second-order valence-corrected chi connectivity index (χ2v) is 5.23. The number of anilines is 1. The molecule has 1 aromatic rings. The van der Waals surface area contributed by atoms with Gasteiger partial charge in [0, 0.05) is 5.92 Å². The van der Waals surface area contributed by atoms with Gasteiger partial charge in [0.05, 0.1) is 11.3 Å². The SMILES string of the molecule is CC1(C)CC1C(=O)Nc1cc(C(=O)O)ccc1F. The van der Waals surface area contributed by atoms with E-state index in [1.54, 1.807) is 0 Å². The predicted molar refractivity (Wildman–Crippen MR) is 63.9 cm³/mol. The van der Waals surface area contributed by atoms with Gasteiger partial charge < -0.3 is 10.4 Å². The van der Waals surface area contributed by atoms with Crippen LogP contribution in [0.3, 0.4) is 0 Å². The standard InChI is InChI=1S/C13H14FNO3/c1-13(2)6-8(13)11(16)15-10-5-7(12(17)18)3-4-9(10)14/h3-5,8H,6H2,1-2H3,(H,15,16)(H,17,18). The fourth-order valence-corrected chi connectivity index (χ4v) is 1.89. The molecule has 1 saturated carbocycles. The molecule has 5 heteroatoms. The van der Waals surface area contributed by atoms with Crippen LogP contribution in [-0.4, -0.2) is 17.0 Å². The molecule has 1 fully saturated rings. The number of carboxylic acid groups (broad SMARTS) is 1. The van der Waals surface area contributed by atoms with Gasteiger partial charge in [-0.3, -0.25) is 4.79 Å². The Bertz CT molecular complexity index is 525. The number of hydrogen-bond donors (Lipinski definition) is 2. The van der Waals surface area contributed by atoms with Crippen molar-refractivity contribution < 1.29 is 19.1 Å². The third-order valence-corrected chi connectivity index (χ3v) is 3.30. The van der Waals surface area contributed by atoms with Crippen molar-refractivity contribution in [3.63, 3.8) is 0 Å². The monoisotopic (exact) mass is 251 g/mol. The minimum Gasteiger partial charge on any atom is -0.478 e. The maximum Gasteiger partial charge on any atom is 0.335 e. The molecule has 2 rings (SSSR count). The van der Waals surface area contributed by atoms with Crippen LogP contribution in [0, 0.1) is 17.2 Å². The Kier molecular flexibility index (Phi) is 2.84. The van der Waals surface area contributed by atoms with Crippen LogP contribution in [0.15, 0.2) is 18.2 Å². The molecule has 18 heavy (non-hydrogen) atoms. The number of amides is 1. The van der Waals surface area contributed by atoms with Crippen molar-refractivity contribution in [2.45, 2.75) is 20.3 Å².